The van der Waals surface area contributed by atoms with Gasteiger partial charge >= 0.3 is 0 Å². The molecular formula is C15H25N. The van der Waals surface area contributed by atoms with Crippen molar-refractivity contribution >= 4 is 0 Å². The molecular weight excluding hydrogens is 194 g/mol. The van der Waals surface area contributed by atoms with Gasteiger partial charge in [-0.3, -0.25) is 0 Å². The second-order valence-electron chi connectivity index (χ2n) is 4.34. The zero-order valence-electron chi connectivity index (χ0n) is 11.1. The molecule has 1 aliphatic rings. The van der Waals surface area contributed by atoms with Crippen LogP contribution in [-0.4, -0.2) is 12.6 Å². The minimum Gasteiger partial charge on any atom is -0.314 e. The fourth-order valence-corrected chi connectivity index (χ4v) is 2.26. The van der Waals surface area contributed by atoms with Crippen LogP contribution in [0.5, 0.6) is 0 Å². The van der Waals surface area contributed by atoms with Gasteiger partial charge in [-0.15, -0.1) is 0 Å². The SMILES string of the molecule is CC.CCc1cccc(C2CNC(C)C2)c1. The average molecular weight is 219 g/mol. The number of hydrogen-bond donors (Lipinski definition) is 1. The molecule has 16 heavy (non-hydrogen) atoms. The molecule has 1 aromatic rings. The Kier molecular flexibility index (Phi) is 5.54. The Balaban J connectivity index is 0.000000606. The predicted molar refractivity (Wildman–Crippen MR) is 72.0 cm³/mol. The molecule has 1 heteroatoms. The van der Waals surface area contributed by atoms with Crippen LogP contribution < -0.4 is 5.32 Å². The maximum atomic E-state index is 3.51. The van der Waals surface area contributed by atoms with Crippen molar-refractivity contribution in [2.75, 3.05) is 6.54 Å². The van der Waals surface area contributed by atoms with Gasteiger partial charge in [0.05, 0.1) is 0 Å². The van der Waals surface area contributed by atoms with Gasteiger partial charge in [-0.05, 0) is 36.8 Å². The Bertz CT molecular complexity index is 306. The van der Waals surface area contributed by atoms with E-state index in [0.717, 1.165) is 18.9 Å². The fourth-order valence-electron chi connectivity index (χ4n) is 2.26. The van der Waals surface area contributed by atoms with Crippen molar-refractivity contribution in [1.29, 1.82) is 0 Å². The van der Waals surface area contributed by atoms with Crippen LogP contribution in [0.4, 0.5) is 0 Å². The molecule has 1 heterocycles. The van der Waals surface area contributed by atoms with Gasteiger partial charge in [-0.1, -0.05) is 45.0 Å². The van der Waals surface area contributed by atoms with E-state index in [1.165, 1.54) is 17.5 Å². The molecule has 0 aromatic heterocycles. The van der Waals surface area contributed by atoms with E-state index in [0.29, 0.717) is 6.04 Å². The van der Waals surface area contributed by atoms with E-state index in [-0.39, 0.29) is 0 Å². The van der Waals surface area contributed by atoms with Crippen LogP contribution in [0.2, 0.25) is 0 Å². The van der Waals surface area contributed by atoms with Crippen molar-refractivity contribution in [2.45, 2.75) is 52.5 Å². The van der Waals surface area contributed by atoms with Crippen LogP contribution in [0, 0.1) is 0 Å². The minimum atomic E-state index is 0.685. The van der Waals surface area contributed by atoms with E-state index in [2.05, 4.69) is 43.4 Å². The summed E-state index contributed by atoms with van der Waals surface area (Å²) in [4.78, 5) is 0. The number of rotatable bonds is 2. The standard InChI is InChI=1S/C13H19N.C2H6/c1-3-11-5-4-6-12(8-11)13-7-10(2)14-9-13;1-2/h4-6,8,10,13-14H,3,7,9H2,1-2H3;1-2H3. The molecule has 90 valence electrons. The van der Waals surface area contributed by atoms with Crippen molar-refractivity contribution in [3.8, 4) is 0 Å². The first kappa shape index (κ1) is 13.2. The third-order valence-electron chi connectivity index (χ3n) is 3.18. The molecule has 1 aliphatic heterocycles. The average Bonchev–Trinajstić information content (AvgIpc) is 2.79. The number of benzene rings is 1. The van der Waals surface area contributed by atoms with Gasteiger partial charge in [0.2, 0.25) is 0 Å². The number of nitrogens with one attached hydrogen (secondary N) is 1. The fraction of sp³-hybridized carbons (Fsp3) is 0.600. The lowest BCUT2D eigenvalue weighted by Gasteiger charge is -2.10. The van der Waals surface area contributed by atoms with Crippen LogP contribution in [0.25, 0.3) is 0 Å². The summed E-state index contributed by atoms with van der Waals surface area (Å²) in [6.07, 6.45) is 2.43. The van der Waals surface area contributed by atoms with Gasteiger partial charge in [-0.25, -0.2) is 0 Å². The van der Waals surface area contributed by atoms with Crippen molar-refractivity contribution in [1.82, 2.24) is 5.32 Å². The first-order valence-corrected chi connectivity index (χ1v) is 6.62. The lowest BCUT2D eigenvalue weighted by molar-refractivity contribution is 0.658. The second-order valence-corrected chi connectivity index (χ2v) is 4.34. The third kappa shape index (κ3) is 3.34. The molecule has 1 saturated heterocycles. The largest absolute Gasteiger partial charge is 0.314 e. The van der Waals surface area contributed by atoms with Crippen LogP contribution in [0.15, 0.2) is 24.3 Å². The monoisotopic (exact) mass is 219 g/mol. The van der Waals surface area contributed by atoms with E-state index >= 15 is 0 Å². The number of aryl methyl sites for hydroxylation is 1. The lowest BCUT2D eigenvalue weighted by atomic mass is 9.95. The summed E-state index contributed by atoms with van der Waals surface area (Å²) in [5.74, 6) is 0.733. The Morgan fingerprint density at radius 3 is 2.62 bits per heavy atom. The van der Waals surface area contributed by atoms with Crippen molar-refractivity contribution in [3.05, 3.63) is 35.4 Å². The molecule has 0 spiro atoms. The van der Waals surface area contributed by atoms with E-state index in [1.54, 1.807) is 0 Å². The van der Waals surface area contributed by atoms with Gasteiger partial charge < -0.3 is 5.32 Å². The predicted octanol–water partition coefficient (Wildman–Crippen LogP) is 3.74. The lowest BCUT2D eigenvalue weighted by Crippen LogP contribution is -2.16. The molecule has 2 rings (SSSR count). The van der Waals surface area contributed by atoms with Crippen LogP contribution in [0.1, 0.15) is 51.2 Å². The summed E-state index contributed by atoms with van der Waals surface area (Å²) in [6, 6.07) is 9.73. The van der Waals surface area contributed by atoms with Crippen molar-refractivity contribution in [3.63, 3.8) is 0 Å². The third-order valence-corrected chi connectivity index (χ3v) is 3.18. The maximum absolute atomic E-state index is 3.51. The molecule has 0 bridgehead atoms. The van der Waals surface area contributed by atoms with Crippen LogP contribution in [-0.2, 0) is 6.42 Å². The number of hydrogen-bond acceptors (Lipinski definition) is 1. The quantitative estimate of drug-likeness (QED) is 0.799. The Morgan fingerprint density at radius 2 is 2.06 bits per heavy atom. The summed E-state index contributed by atoms with van der Waals surface area (Å²) in [7, 11) is 0. The zero-order chi connectivity index (χ0) is 12.0. The summed E-state index contributed by atoms with van der Waals surface area (Å²) < 4.78 is 0. The molecule has 1 fully saturated rings. The maximum Gasteiger partial charge on any atom is 0.00452 e. The summed E-state index contributed by atoms with van der Waals surface area (Å²) >= 11 is 0. The van der Waals surface area contributed by atoms with Crippen molar-refractivity contribution in [2.24, 2.45) is 0 Å². The normalized spacial score (nSPS) is 23.8. The molecule has 0 aliphatic carbocycles. The molecule has 0 radical (unpaired) electrons. The zero-order valence-corrected chi connectivity index (χ0v) is 11.1. The van der Waals surface area contributed by atoms with E-state index in [9.17, 15) is 0 Å². The van der Waals surface area contributed by atoms with Gasteiger partial charge in [0.15, 0.2) is 0 Å². The van der Waals surface area contributed by atoms with Gasteiger partial charge in [-0.2, -0.15) is 0 Å². The summed E-state index contributed by atoms with van der Waals surface area (Å²) in [6.45, 7) is 9.63. The molecule has 0 saturated carbocycles. The molecule has 1 nitrogen and oxygen atoms in total. The summed E-state index contributed by atoms with van der Waals surface area (Å²) in [5.41, 5.74) is 2.98. The molecule has 1 N–H and O–H groups in total. The van der Waals surface area contributed by atoms with E-state index in [4.69, 9.17) is 0 Å². The topological polar surface area (TPSA) is 12.0 Å². The van der Waals surface area contributed by atoms with Gasteiger partial charge in [0.25, 0.3) is 0 Å². The first-order valence-electron chi connectivity index (χ1n) is 6.62. The van der Waals surface area contributed by atoms with Gasteiger partial charge in [0.1, 0.15) is 0 Å². The van der Waals surface area contributed by atoms with Crippen molar-refractivity contribution < 1.29 is 0 Å². The Labute approximate surface area is 100 Å². The minimum absolute atomic E-state index is 0.685. The van der Waals surface area contributed by atoms with Crippen LogP contribution in [0.3, 0.4) is 0 Å². The highest BCUT2D eigenvalue weighted by molar-refractivity contribution is 5.27. The van der Waals surface area contributed by atoms with Gasteiger partial charge in [0, 0.05) is 12.6 Å². The Morgan fingerprint density at radius 1 is 1.31 bits per heavy atom. The smallest absolute Gasteiger partial charge is 0.00452 e. The molecule has 2 atom stereocenters. The highest BCUT2D eigenvalue weighted by atomic mass is 14.9. The molecule has 0 amide bonds. The highest BCUT2D eigenvalue weighted by Crippen LogP contribution is 2.26. The van der Waals surface area contributed by atoms with Crippen LogP contribution >= 0.6 is 0 Å². The Hall–Kier alpha value is -0.820. The first-order chi connectivity index (χ1) is 7.79. The molecule has 2 unspecified atom stereocenters. The van der Waals surface area contributed by atoms with E-state index in [1.807, 2.05) is 13.8 Å². The summed E-state index contributed by atoms with van der Waals surface area (Å²) in [5, 5.41) is 3.51. The highest BCUT2D eigenvalue weighted by Gasteiger charge is 2.21. The van der Waals surface area contributed by atoms with E-state index < -0.39 is 0 Å². The second kappa shape index (κ2) is 6.70. The molecule has 1 aromatic carbocycles.